The van der Waals surface area contributed by atoms with Crippen LogP contribution < -0.4 is 0 Å². The zero-order chi connectivity index (χ0) is 15.7. The van der Waals surface area contributed by atoms with E-state index in [4.69, 9.17) is 4.84 Å². The molecule has 0 amide bonds. The van der Waals surface area contributed by atoms with E-state index < -0.39 is 0 Å². The molecule has 2 aliphatic rings. The number of nitrogens with zero attached hydrogens (tertiary/aromatic N) is 1. The number of rotatable bonds is 4. The van der Waals surface area contributed by atoms with Gasteiger partial charge in [0.2, 0.25) is 0 Å². The van der Waals surface area contributed by atoms with Gasteiger partial charge >= 0.3 is 0 Å². The Labute approximate surface area is 134 Å². The van der Waals surface area contributed by atoms with E-state index in [-0.39, 0.29) is 29.0 Å². The molecule has 2 saturated heterocycles. The van der Waals surface area contributed by atoms with E-state index in [9.17, 15) is 9.50 Å². The molecule has 1 N–H and O–H groups in total. The molecule has 5 atom stereocenters. The average Bonchev–Trinajstić information content (AvgIpc) is 2.81. The monoisotopic (exact) mass is 323 g/mol. The molecule has 3 nitrogen and oxygen atoms in total. The van der Waals surface area contributed by atoms with E-state index in [2.05, 4.69) is 12.1 Å². The average molecular weight is 323 g/mol. The van der Waals surface area contributed by atoms with Crippen LogP contribution in [0.1, 0.15) is 37.7 Å². The van der Waals surface area contributed by atoms with Crippen LogP contribution in [0.4, 0.5) is 4.39 Å². The molecule has 0 radical (unpaired) electrons. The van der Waals surface area contributed by atoms with Crippen LogP contribution in [0.2, 0.25) is 0 Å². The number of hydrogen-bond donors (Lipinski definition) is 1. The van der Waals surface area contributed by atoms with E-state index in [0.717, 1.165) is 30.5 Å². The van der Waals surface area contributed by atoms with Crippen molar-refractivity contribution in [3.05, 3.63) is 35.6 Å². The highest BCUT2D eigenvalue weighted by atomic mass is 32.2. The summed E-state index contributed by atoms with van der Waals surface area (Å²) < 4.78 is 13.2. The number of benzene rings is 1. The van der Waals surface area contributed by atoms with Crippen molar-refractivity contribution in [3.63, 3.8) is 0 Å². The van der Waals surface area contributed by atoms with Crippen molar-refractivity contribution < 1.29 is 14.3 Å². The normalized spacial score (nSPS) is 34.7. The third-order valence-electron chi connectivity index (χ3n) is 4.79. The van der Waals surface area contributed by atoms with E-state index in [0.29, 0.717) is 5.25 Å². The molecular formula is C17H22FNO2S. The van der Waals surface area contributed by atoms with Crippen molar-refractivity contribution in [2.45, 2.75) is 48.7 Å². The van der Waals surface area contributed by atoms with Crippen LogP contribution in [-0.2, 0) is 4.84 Å². The molecule has 2 unspecified atom stereocenters. The maximum atomic E-state index is 13.2. The number of fused-ring (bicyclic) bond motifs is 2. The fraction of sp³-hybridized carbons (Fsp3) is 0.588. The third-order valence-corrected chi connectivity index (χ3v) is 6.48. The van der Waals surface area contributed by atoms with Crippen molar-refractivity contribution in [2.24, 2.45) is 11.1 Å². The lowest BCUT2D eigenvalue weighted by atomic mass is 9.78. The molecule has 22 heavy (non-hydrogen) atoms. The fourth-order valence-corrected chi connectivity index (χ4v) is 5.74. The molecule has 0 spiro atoms. The Morgan fingerprint density at radius 1 is 1.36 bits per heavy atom. The molecule has 2 bridgehead atoms. The third kappa shape index (κ3) is 2.88. The van der Waals surface area contributed by atoms with Crippen LogP contribution in [0, 0.1) is 11.7 Å². The zero-order valence-electron chi connectivity index (χ0n) is 12.9. The highest BCUT2D eigenvalue weighted by Gasteiger charge is 2.49. The van der Waals surface area contributed by atoms with Crippen LogP contribution in [0.5, 0.6) is 0 Å². The minimum atomic E-state index is -0.293. The number of thioether (sulfide) groups is 1. The van der Waals surface area contributed by atoms with Gasteiger partial charge in [0.25, 0.3) is 0 Å². The summed E-state index contributed by atoms with van der Waals surface area (Å²) in [6.07, 6.45) is 2.34. The molecular weight excluding hydrogens is 301 g/mol. The van der Waals surface area contributed by atoms with Crippen LogP contribution in [0.3, 0.4) is 0 Å². The molecule has 2 aliphatic heterocycles. The molecule has 2 heterocycles. The minimum Gasteiger partial charge on any atom is -0.399 e. The van der Waals surface area contributed by atoms with Crippen molar-refractivity contribution in [2.75, 3.05) is 7.11 Å². The molecule has 0 saturated carbocycles. The Bertz CT molecular complexity index is 548. The van der Waals surface area contributed by atoms with Crippen LogP contribution in [0.25, 0.3) is 0 Å². The first-order chi connectivity index (χ1) is 10.6. The quantitative estimate of drug-likeness (QED) is 0.680. The largest absolute Gasteiger partial charge is 0.399 e. The topological polar surface area (TPSA) is 41.8 Å². The first-order valence-corrected chi connectivity index (χ1v) is 8.77. The van der Waals surface area contributed by atoms with Crippen molar-refractivity contribution in [1.29, 1.82) is 0 Å². The Morgan fingerprint density at radius 2 is 2.09 bits per heavy atom. The van der Waals surface area contributed by atoms with Crippen LogP contribution in [0.15, 0.2) is 29.4 Å². The number of oxime groups is 1. The van der Waals surface area contributed by atoms with Gasteiger partial charge in [-0.05, 0) is 42.9 Å². The summed E-state index contributed by atoms with van der Waals surface area (Å²) in [5.41, 5.74) is 2.13. The van der Waals surface area contributed by atoms with E-state index in [1.807, 2.05) is 23.9 Å². The number of halogens is 1. The van der Waals surface area contributed by atoms with E-state index in [1.165, 1.54) is 12.1 Å². The maximum Gasteiger partial charge on any atom is 0.123 e. The Morgan fingerprint density at radius 3 is 2.73 bits per heavy atom. The summed E-state index contributed by atoms with van der Waals surface area (Å²) in [6, 6.07) is 6.78. The summed E-state index contributed by atoms with van der Waals surface area (Å²) in [7, 11) is 1.56. The summed E-state index contributed by atoms with van der Waals surface area (Å²) in [5.74, 6) is 0.201. The van der Waals surface area contributed by atoms with Gasteiger partial charge in [-0.2, -0.15) is 11.8 Å². The highest BCUT2D eigenvalue weighted by Crippen LogP contribution is 2.53. The lowest BCUT2D eigenvalue weighted by molar-refractivity contribution is 0.162. The van der Waals surface area contributed by atoms with Crippen LogP contribution in [-0.4, -0.2) is 34.5 Å². The van der Waals surface area contributed by atoms with Gasteiger partial charge in [-0.3, -0.25) is 0 Å². The second-order valence-corrected chi connectivity index (χ2v) is 7.55. The minimum absolute atomic E-state index is 0.147. The summed E-state index contributed by atoms with van der Waals surface area (Å²) in [4.78, 5) is 5.03. The second kappa shape index (κ2) is 6.59. The molecule has 5 heteroatoms. The standard InChI is InChI=1S/C17H22FNO2S/c1-3-14(19-21-2)16-13(10-4-6-11(18)7-5-10)8-12-9-15(20)17(16)22-12/h4-7,12-13,15-17,20H,3,8-9H2,1-2H3/t12?,13-,15?,16+,17+/m0/s1. The molecule has 2 fully saturated rings. The molecule has 120 valence electrons. The van der Waals surface area contributed by atoms with Gasteiger partial charge in [-0.1, -0.05) is 24.2 Å². The highest BCUT2D eigenvalue weighted by molar-refractivity contribution is 8.00. The number of aliphatic hydroxyl groups excluding tert-OH is 1. The number of hydrogen-bond acceptors (Lipinski definition) is 4. The summed E-state index contributed by atoms with van der Waals surface area (Å²) >= 11 is 1.88. The Balaban J connectivity index is 1.98. The van der Waals surface area contributed by atoms with Crippen molar-refractivity contribution in [1.82, 2.24) is 0 Å². The summed E-state index contributed by atoms with van der Waals surface area (Å²) in [5, 5.41) is 15.3. The van der Waals surface area contributed by atoms with Gasteiger partial charge in [0, 0.05) is 16.4 Å². The lowest BCUT2D eigenvalue weighted by Crippen LogP contribution is -2.38. The predicted octanol–water partition coefficient (Wildman–Crippen LogP) is 3.58. The van der Waals surface area contributed by atoms with E-state index in [1.54, 1.807) is 7.11 Å². The number of aliphatic hydroxyl groups is 1. The fourth-order valence-electron chi connectivity index (χ4n) is 3.86. The zero-order valence-corrected chi connectivity index (χ0v) is 13.7. The molecule has 0 aliphatic carbocycles. The van der Waals surface area contributed by atoms with Crippen molar-refractivity contribution in [3.8, 4) is 0 Å². The molecule has 1 aromatic rings. The molecule has 0 aromatic heterocycles. The summed E-state index contributed by atoms with van der Waals surface area (Å²) in [6.45, 7) is 2.07. The van der Waals surface area contributed by atoms with Gasteiger partial charge in [-0.15, -0.1) is 0 Å². The Kier molecular flexibility index (Phi) is 4.73. The Hall–Kier alpha value is -1.07. The first kappa shape index (κ1) is 15.8. The SMILES string of the molecule is CCC(=NOC)[C@@H]1[C@@H]2SC(CC2O)C[C@H]1c1ccc(F)cc1. The molecule has 3 rings (SSSR count). The second-order valence-electron chi connectivity index (χ2n) is 6.06. The van der Waals surface area contributed by atoms with Crippen molar-refractivity contribution >= 4 is 17.5 Å². The van der Waals surface area contributed by atoms with Gasteiger partial charge in [0.05, 0.1) is 11.8 Å². The van der Waals surface area contributed by atoms with Gasteiger partial charge in [0.1, 0.15) is 12.9 Å². The van der Waals surface area contributed by atoms with Gasteiger partial charge < -0.3 is 9.94 Å². The smallest absolute Gasteiger partial charge is 0.123 e. The van der Waals surface area contributed by atoms with Gasteiger partial charge in [-0.25, -0.2) is 4.39 Å². The van der Waals surface area contributed by atoms with Crippen LogP contribution >= 0.6 is 11.8 Å². The molecule has 1 aromatic carbocycles. The van der Waals surface area contributed by atoms with Gasteiger partial charge in [0.15, 0.2) is 0 Å². The first-order valence-electron chi connectivity index (χ1n) is 7.83. The predicted molar refractivity (Wildman–Crippen MR) is 87.8 cm³/mol. The maximum absolute atomic E-state index is 13.2. The lowest BCUT2D eigenvalue weighted by Gasteiger charge is -2.37. The van der Waals surface area contributed by atoms with E-state index >= 15 is 0 Å².